The summed E-state index contributed by atoms with van der Waals surface area (Å²) in [7, 11) is 0. The van der Waals surface area contributed by atoms with Crippen LogP contribution in [0.5, 0.6) is 0 Å². The molecule has 0 atom stereocenters. The van der Waals surface area contributed by atoms with E-state index in [-0.39, 0.29) is 17.6 Å². The molecule has 0 N–H and O–H groups in total. The van der Waals surface area contributed by atoms with Crippen molar-refractivity contribution in [3.8, 4) is 5.69 Å². The SMILES string of the molecule is CCCc1nc(N2CCCN(C(=O)C(C)C)CC2)c2c(C)nn(-c3ccc(F)cc3)c2n1. The van der Waals surface area contributed by atoms with Gasteiger partial charge < -0.3 is 9.80 Å². The zero-order valence-corrected chi connectivity index (χ0v) is 19.3. The summed E-state index contributed by atoms with van der Waals surface area (Å²) < 4.78 is 15.3. The molecule has 2 aromatic heterocycles. The van der Waals surface area contributed by atoms with Crippen molar-refractivity contribution in [1.29, 1.82) is 0 Å². The minimum absolute atomic E-state index is 0.000325. The molecule has 3 aromatic rings. The van der Waals surface area contributed by atoms with E-state index in [0.29, 0.717) is 6.54 Å². The molecule has 1 amide bonds. The van der Waals surface area contributed by atoms with Crippen LogP contribution in [-0.2, 0) is 11.2 Å². The molecule has 0 radical (unpaired) electrons. The fourth-order valence-corrected chi connectivity index (χ4v) is 4.25. The molecule has 170 valence electrons. The summed E-state index contributed by atoms with van der Waals surface area (Å²) in [5.74, 6) is 1.57. The highest BCUT2D eigenvalue weighted by atomic mass is 19.1. The molecule has 8 heteroatoms. The molecule has 0 saturated carbocycles. The third kappa shape index (κ3) is 4.31. The van der Waals surface area contributed by atoms with E-state index in [1.165, 1.54) is 12.1 Å². The van der Waals surface area contributed by atoms with Gasteiger partial charge in [0, 0.05) is 38.5 Å². The van der Waals surface area contributed by atoms with Crippen LogP contribution in [0, 0.1) is 18.7 Å². The highest BCUT2D eigenvalue weighted by molar-refractivity contribution is 5.91. The number of aromatic nitrogens is 4. The number of aryl methyl sites for hydroxylation is 2. The second kappa shape index (κ2) is 9.22. The monoisotopic (exact) mass is 438 g/mol. The van der Waals surface area contributed by atoms with Crippen LogP contribution < -0.4 is 4.90 Å². The Morgan fingerprint density at radius 1 is 1.09 bits per heavy atom. The average molecular weight is 439 g/mol. The standard InChI is InChI=1S/C24H31FN6O/c1-5-7-20-26-22(29-12-6-13-30(15-14-29)24(32)16(2)3)21-17(4)28-31(23(21)27-20)19-10-8-18(25)9-11-19/h8-11,16H,5-7,12-15H2,1-4H3. The average Bonchev–Trinajstić information content (AvgIpc) is 2.95. The Bertz CT molecular complexity index is 1110. The molecule has 0 bridgehead atoms. The van der Waals surface area contributed by atoms with Crippen LogP contribution in [0.4, 0.5) is 10.2 Å². The van der Waals surface area contributed by atoms with Crippen molar-refractivity contribution in [3.63, 3.8) is 0 Å². The lowest BCUT2D eigenvalue weighted by Crippen LogP contribution is -2.37. The summed E-state index contributed by atoms with van der Waals surface area (Å²) in [4.78, 5) is 26.5. The predicted molar refractivity (Wildman–Crippen MR) is 124 cm³/mol. The molecule has 3 heterocycles. The maximum Gasteiger partial charge on any atom is 0.225 e. The first-order valence-corrected chi connectivity index (χ1v) is 11.4. The molecule has 0 unspecified atom stereocenters. The molecule has 32 heavy (non-hydrogen) atoms. The molecule has 4 rings (SSSR count). The summed E-state index contributed by atoms with van der Waals surface area (Å²) in [6.45, 7) is 10.9. The lowest BCUT2D eigenvalue weighted by molar-refractivity contribution is -0.134. The molecule has 0 aliphatic carbocycles. The van der Waals surface area contributed by atoms with Crippen molar-refractivity contribution in [2.75, 3.05) is 31.1 Å². The third-order valence-corrected chi connectivity index (χ3v) is 5.88. The number of anilines is 1. The number of nitrogens with zero attached hydrogens (tertiary/aromatic N) is 6. The van der Waals surface area contributed by atoms with E-state index >= 15 is 0 Å². The van der Waals surface area contributed by atoms with Crippen LogP contribution in [-0.4, -0.2) is 56.7 Å². The lowest BCUT2D eigenvalue weighted by Gasteiger charge is -2.24. The van der Waals surface area contributed by atoms with Gasteiger partial charge in [-0.1, -0.05) is 20.8 Å². The molecule has 1 fully saturated rings. The van der Waals surface area contributed by atoms with E-state index in [0.717, 1.165) is 73.0 Å². The van der Waals surface area contributed by atoms with E-state index in [1.807, 2.05) is 25.7 Å². The summed E-state index contributed by atoms with van der Waals surface area (Å²) in [6, 6.07) is 6.29. The zero-order chi connectivity index (χ0) is 22.8. The summed E-state index contributed by atoms with van der Waals surface area (Å²) in [5, 5.41) is 5.65. The Hall–Kier alpha value is -3.03. The highest BCUT2D eigenvalue weighted by Gasteiger charge is 2.25. The molecule has 1 saturated heterocycles. The number of halogens is 1. The van der Waals surface area contributed by atoms with Gasteiger partial charge in [0.15, 0.2) is 5.65 Å². The van der Waals surface area contributed by atoms with Crippen LogP contribution in [0.3, 0.4) is 0 Å². The summed E-state index contributed by atoms with van der Waals surface area (Å²) in [6.07, 6.45) is 2.59. The van der Waals surface area contributed by atoms with Crippen molar-refractivity contribution in [2.45, 2.75) is 47.0 Å². The van der Waals surface area contributed by atoms with Crippen LogP contribution in [0.2, 0.25) is 0 Å². The topological polar surface area (TPSA) is 67.2 Å². The van der Waals surface area contributed by atoms with Crippen LogP contribution in [0.25, 0.3) is 16.7 Å². The largest absolute Gasteiger partial charge is 0.354 e. The van der Waals surface area contributed by atoms with Gasteiger partial charge in [0.2, 0.25) is 5.91 Å². The fourth-order valence-electron chi connectivity index (χ4n) is 4.25. The Kier molecular flexibility index (Phi) is 6.39. The zero-order valence-electron chi connectivity index (χ0n) is 19.3. The van der Waals surface area contributed by atoms with Crippen molar-refractivity contribution in [2.24, 2.45) is 5.92 Å². The van der Waals surface area contributed by atoms with Crippen molar-refractivity contribution < 1.29 is 9.18 Å². The second-order valence-electron chi connectivity index (χ2n) is 8.71. The van der Waals surface area contributed by atoms with Crippen LogP contribution >= 0.6 is 0 Å². The maximum atomic E-state index is 13.5. The number of carbonyl (C=O) groups excluding carboxylic acids is 1. The molecule has 1 aromatic carbocycles. The van der Waals surface area contributed by atoms with Gasteiger partial charge in [-0.3, -0.25) is 4.79 Å². The molecular formula is C24H31FN6O. The number of fused-ring (bicyclic) bond motifs is 1. The maximum absolute atomic E-state index is 13.5. The summed E-state index contributed by atoms with van der Waals surface area (Å²) in [5.41, 5.74) is 2.34. The Balaban J connectivity index is 1.77. The first kappa shape index (κ1) is 22.2. The van der Waals surface area contributed by atoms with Gasteiger partial charge in [0.25, 0.3) is 0 Å². The highest BCUT2D eigenvalue weighted by Crippen LogP contribution is 2.30. The number of hydrogen-bond donors (Lipinski definition) is 0. The van der Waals surface area contributed by atoms with Gasteiger partial charge in [-0.15, -0.1) is 0 Å². The first-order chi connectivity index (χ1) is 15.4. The number of rotatable bonds is 5. The normalized spacial score (nSPS) is 14.9. The smallest absolute Gasteiger partial charge is 0.225 e. The van der Waals surface area contributed by atoms with Crippen LogP contribution in [0.15, 0.2) is 24.3 Å². The van der Waals surface area contributed by atoms with Gasteiger partial charge in [-0.25, -0.2) is 19.0 Å². The Labute approximate surface area is 188 Å². The Morgan fingerprint density at radius 2 is 1.84 bits per heavy atom. The van der Waals surface area contributed by atoms with Gasteiger partial charge in [0.05, 0.1) is 16.8 Å². The van der Waals surface area contributed by atoms with Crippen molar-refractivity contribution in [1.82, 2.24) is 24.6 Å². The fraction of sp³-hybridized carbons (Fsp3) is 0.500. The molecule has 7 nitrogen and oxygen atoms in total. The van der Waals surface area contributed by atoms with Gasteiger partial charge in [-0.2, -0.15) is 5.10 Å². The van der Waals surface area contributed by atoms with E-state index in [9.17, 15) is 9.18 Å². The quantitative estimate of drug-likeness (QED) is 0.604. The van der Waals surface area contributed by atoms with Crippen molar-refractivity contribution >= 4 is 22.8 Å². The van der Waals surface area contributed by atoms with Gasteiger partial charge >= 0.3 is 0 Å². The first-order valence-electron chi connectivity index (χ1n) is 11.4. The van der Waals surface area contributed by atoms with E-state index in [1.54, 1.807) is 16.8 Å². The van der Waals surface area contributed by atoms with Gasteiger partial charge in [0.1, 0.15) is 17.5 Å². The van der Waals surface area contributed by atoms with Crippen molar-refractivity contribution in [3.05, 3.63) is 41.6 Å². The Morgan fingerprint density at radius 3 is 2.53 bits per heavy atom. The number of hydrogen-bond acceptors (Lipinski definition) is 5. The number of amides is 1. The van der Waals surface area contributed by atoms with E-state index < -0.39 is 0 Å². The number of carbonyl (C=O) groups is 1. The van der Waals surface area contributed by atoms with E-state index in [4.69, 9.17) is 15.1 Å². The molecular weight excluding hydrogens is 407 g/mol. The van der Waals surface area contributed by atoms with Crippen LogP contribution in [0.1, 0.15) is 45.1 Å². The summed E-state index contributed by atoms with van der Waals surface area (Å²) >= 11 is 0. The predicted octanol–water partition coefficient (Wildman–Crippen LogP) is 3.91. The molecule has 1 aliphatic heterocycles. The number of benzene rings is 1. The van der Waals surface area contributed by atoms with E-state index in [2.05, 4.69) is 11.8 Å². The second-order valence-corrected chi connectivity index (χ2v) is 8.71. The minimum Gasteiger partial charge on any atom is -0.354 e. The molecule has 0 spiro atoms. The third-order valence-electron chi connectivity index (χ3n) is 5.88. The van der Waals surface area contributed by atoms with Gasteiger partial charge in [-0.05, 0) is 44.0 Å². The molecule has 1 aliphatic rings. The lowest BCUT2D eigenvalue weighted by atomic mass is 10.2. The minimum atomic E-state index is -0.283.